The summed E-state index contributed by atoms with van der Waals surface area (Å²) in [6.07, 6.45) is 2.57. The Hall–Kier alpha value is -1.02. The van der Waals surface area contributed by atoms with E-state index in [0.717, 1.165) is 12.0 Å². The summed E-state index contributed by atoms with van der Waals surface area (Å²) in [4.78, 5) is 0. The molecule has 0 spiro atoms. The molecule has 2 nitrogen and oxygen atoms in total. The van der Waals surface area contributed by atoms with Crippen molar-refractivity contribution in [3.05, 3.63) is 34.3 Å². The fourth-order valence-electron chi connectivity index (χ4n) is 1.09. The van der Waals surface area contributed by atoms with E-state index < -0.39 is 0 Å². The van der Waals surface area contributed by atoms with Crippen LogP contribution in [-0.4, -0.2) is 6.21 Å². The average Bonchev–Trinajstić information content (AvgIpc) is 2.05. The molecule has 12 heavy (non-hydrogen) atoms. The van der Waals surface area contributed by atoms with Gasteiger partial charge in [0.25, 0.3) is 0 Å². The van der Waals surface area contributed by atoms with Crippen molar-refractivity contribution in [3.63, 3.8) is 0 Å². The number of nitrogens with two attached hydrogens (primary N) is 1. The highest BCUT2D eigenvalue weighted by atomic mass is 35.5. The number of rotatable bonds is 2. The third kappa shape index (κ3) is 1.98. The molecule has 64 valence electrons. The van der Waals surface area contributed by atoms with Gasteiger partial charge in [-0.15, -0.1) is 0 Å². The van der Waals surface area contributed by atoms with Crippen LogP contribution in [0.25, 0.3) is 0 Å². The van der Waals surface area contributed by atoms with Crippen molar-refractivity contribution in [2.45, 2.75) is 13.3 Å². The lowest BCUT2D eigenvalue weighted by molar-refractivity contribution is 1.13. The highest BCUT2D eigenvalue weighted by Gasteiger charge is 1.98. The Bertz CT molecular complexity index is 295. The van der Waals surface area contributed by atoms with Crippen LogP contribution in [0.15, 0.2) is 23.3 Å². The molecule has 0 atom stereocenters. The van der Waals surface area contributed by atoms with Crippen molar-refractivity contribution >= 4 is 17.8 Å². The van der Waals surface area contributed by atoms with Gasteiger partial charge in [-0.05, 0) is 29.7 Å². The molecule has 0 saturated carbocycles. The van der Waals surface area contributed by atoms with Crippen LogP contribution in [0.3, 0.4) is 0 Å². The first-order valence-electron chi connectivity index (χ1n) is 3.79. The Morgan fingerprint density at radius 2 is 2.33 bits per heavy atom. The first-order valence-corrected chi connectivity index (χ1v) is 4.17. The van der Waals surface area contributed by atoms with E-state index in [1.807, 2.05) is 18.2 Å². The van der Waals surface area contributed by atoms with Gasteiger partial charge in [0.05, 0.1) is 6.21 Å². The fraction of sp³-hybridized carbons (Fsp3) is 0.222. The van der Waals surface area contributed by atoms with Crippen molar-refractivity contribution in [1.29, 1.82) is 0 Å². The third-order valence-electron chi connectivity index (χ3n) is 1.70. The molecule has 0 saturated heterocycles. The number of nitrogens with zero attached hydrogens (tertiary/aromatic N) is 1. The predicted molar refractivity (Wildman–Crippen MR) is 52.6 cm³/mol. The summed E-state index contributed by atoms with van der Waals surface area (Å²) < 4.78 is 0. The number of hydrogen-bond donors (Lipinski definition) is 1. The SMILES string of the molecule is CCc1ccc(Cl)cc1/C=N/N. The van der Waals surface area contributed by atoms with Crippen molar-refractivity contribution in [2.24, 2.45) is 10.9 Å². The van der Waals surface area contributed by atoms with Crippen molar-refractivity contribution in [1.82, 2.24) is 0 Å². The fourth-order valence-corrected chi connectivity index (χ4v) is 1.27. The molecule has 3 heteroatoms. The van der Waals surface area contributed by atoms with E-state index in [-0.39, 0.29) is 0 Å². The first kappa shape index (κ1) is 9.07. The number of aryl methyl sites for hydroxylation is 1. The smallest absolute Gasteiger partial charge is 0.0541 e. The van der Waals surface area contributed by atoms with Crippen molar-refractivity contribution in [2.75, 3.05) is 0 Å². The summed E-state index contributed by atoms with van der Waals surface area (Å²) >= 11 is 5.81. The Kier molecular flexibility index (Phi) is 3.11. The molecule has 0 amide bonds. The summed E-state index contributed by atoms with van der Waals surface area (Å²) in [6, 6.07) is 5.71. The molecule has 0 unspecified atom stereocenters. The molecule has 0 heterocycles. The zero-order chi connectivity index (χ0) is 8.97. The molecular weight excluding hydrogens is 172 g/mol. The zero-order valence-electron chi connectivity index (χ0n) is 6.92. The monoisotopic (exact) mass is 182 g/mol. The highest BCUT2D eigenvalue weighted by Crippen LogP contribution is 2.14. The maximum atomic E-state index is 5.81. The molecule has 0 aromatic heterocycles. The largest absolute Gasteiger partial charge is 0.323 e. The predicted octanol–water partition coefficient (Wildman–Crippen LogP) is 2.19. The van der Waals surface area contributed by atoms with Gasteiger partial charge in [-0.2, -0.15) is 5.10 Å². The van der Waals surface area contributed by atoms with E-state index in [4.69, 9.17) is 17.4 Å². The van der Waals surface area contributed by atoms with Crippen LogP contribution in [0.2, 0.25) is 5.02 Å². The quantitative estimate of drug-likeness (QED) is 0.425. The van der Waals surface area contributed by atoms with Gasteiger partial charge in [0.1, 0.15) is 0 Å². The van der Waals surface area contributed by atoms with E-state index in [0.29, 0.717) is 5.02 Å². The topological polar surface area (TPSA) is 38.4 Å². The molecule has 0 aliphatic rings. The standard InChI is InChI=1S/C9H11ClN2/c1-2-7-3-4-9(10)5-8(7)6-12-11/h3-6H,2,11H2,1H3/b12-6+. The lowest BCUT2D eigenvalue weighted by Gasteiger charge is -2.01. The van der Waals surface area contributed by atoms with Crippen LogP contribution in [0.1, 0.15) is 18.1 Å². The van der Waals surface area contributed by atoms with Crippen LogP contribution in [0, 0.1) is 0 Å². The maximum absolute atomic E-state index is 5.81. The molecular formula is C9H11ClN2. The van der Waals surface area contributed by atoms with Gasteiger partial charge < -0.3 is 5.84 Å². The van der Waals surface area contributed by atoms with Gasteiger partial charge in [-0.25, -0.2) is 0 Å². The lowest BCUT2D eigenvalue weighted by atomic mass is 10.1. The number of benzene rings is 1. The van der Waals surface area contributed by atoms with Gasteiger partial charge in [0.15, 0.2) is 0 Å². The molecule has 0 bridgehead atoms. The summed E-state index contributed by atoms with van der Waals surface area (Å²) in [5.74, 6) is 5.06. The summed E-state index contributed by atoms with van der Waals surface area (Å²) in [5.41, 5.74) is 2.20. The molecule has 0 radical (unpaired) electrons. The van der Waals surface area contributed by atoms with Crippen LogP contribution >= 0.6 is 11.6 Å². The molecule has 0 aliphatic heterocycles. The summed E-state index contributed by atoms with van der Waals surface area (Å²) in [5, 5.41) is 4.18. The molecule has 0 aliphatic carbocycles. The van der Waals surface area contributed by atoms with Gasteiger partial charge in [0, 0.05) is 5.02 Å². The van der Waals surface area contributed by atoms with E-state index in [1.54, 1.807) is 6.21 Å². The Morgan fingerprint density at radius 3 is 2.92 bits per heavy atom. The molecule has 2 N–H and O–H groups in total. The highest BCUT2D eigenvalue weighted by molar-refractivity contribution is 6.30. The summed E-state index contributed by atoms with van der Waals surface area (Å²) in [7, 11) is 0. The normalized spacial score (nSPS) is 10.8. The van der Waals surface area contributed by atoms with Gasteiger partial charge in [0.2, 0.25) is 0 Å². The Morgan fingerprint density at radius 1 is 1.58 bits per heavy atom. The maximum Gasteiger partial charge on any atom is 0.0541 e. The van der Waals surface area contributed by atoms with Crippen LogP contribution in [-0.2, 0) is 6.42 Å². The van der Waals surface area contributed by atoms with Gasteiger partial charge in [-0.1, -0.05) is 24.6 Å². The van der Waals surface area contributed by atoms with E-state index >= 15 is 0 Å². The van der Waals surface area contributed by atoms with Crippen molar-refractivity contribution in [3.8, 4) is 0 Å². The molecule has 1 aromatic rings. The second-order valence-corrected chi connectivity index (χ2v) is 2.91. The van der Waals surface area contributed by atoms with E-state index in [9.17, 15) is 0 Å². The molecule has 1 aromatic carbocycles. The van der Waals surface area contributed by atoms with E-state index in [1.165, 1.54) is 5.56 Å². The minimum atomic E-state index is 0.710. The molecule has 1 rings (SSSR count). The van der Waals surface area contributed by atoms with Gasteiger partial charge >= 0.3 is 0 Å². The molecule has 0 fully saturated rings. The second-order valence-electron chi connectivity index (χ2n) is 2.47. The zero-order valence-corrected chi connectivity index (χ0v) is 7.67. The summed E-state index contributed by atoms with van der Waals surface area (Å²) in [6.45, 7) is 2.08. The number of hydrogen-bond acceptors (Lipinski definition) is 2. The van der Waals surface area contributed by atoms with Gasteiger partial charge in [-0.3, -0.25) is 0 Å². The number of halogens is 1. The first-order chi connectivity index (χ1) is 5.77. The van der Waals surface area contributed by atoms with Crippen molar-refractivity contribution < 1.29 is 0 Å². The lowest BCUT2D eigenvalue weighted by Crippen LogP contribution is -1.93. The van der Waals surface area contributed by atoms with Crippen LogP contribution in [0.4, 0.5) is 0 Å². The van der Waals surface area contributed by atoms with Crippen LogP contribution in [0.5, 0.6) is 0 Å². The number of hydrazone groups is 1. The third-order valence-corrected chi connectivity index (χ3v) is 1.94. The Labute approximate surface area is 77.0 Å². The second kappa shape index (κ2) is 4.12. The average molecular weight is 183 g/mol. The van der Waals surface area contributed by atoms with Crippen LogP contribution < -0.4 is 5.84 Å². The minimum Gasteiger partial charge on any atom is -0.323 e. The Balaban J connectivity index is 3.12. The minimum absolute atomic E-state index is 0.710. The van der Waals surface area contributed by atoms with E-state index in [2.05, 4.69) is 12.0 Å².